The summed E-state index contributed by atoms with van der Waals surface area (Å²) in [5, 5.41) is 3.51. The van der Waals surface area contributed by atoms with Gasteiger partial charge in [0.2, 0.25) is 0 Å². The number of nitrogens with zero attached hydrogens (tertiary/aromatic N) is 1. The highest BCUT2D eigenvalue weighted by Crippen LogP contribution is 2.22. The van der Waals surface area contributed by atoms with Crippen molar-refractivity contribution in [1.82, 2.24) is 10.2 Å². The molecule has 102 valence electrons. The molecule has 0 saturated carbocycles. The minimum Gasteiger partial charge on any atom is -0.379 e. The molecule has 0 amide bonds. The largest absolute Gasteiger partial charge is 0.379 e. The van der Waals surface area contributed by atoms with Crippen molar-refractivity contribution in [1.29, 1.82) is 0 Å². The lowest BCUT2D eigenvalue weighted by molar-refractivity contribution is -0.0132. The predicted molar refractivity (Wildman–Crippen MR) is 73.4 cm³/mol. The fraction of sp³-hybridized carbons (Fsp3) is 1.00. The van der Waals surface area contributed by atoms with Crippen molar-refractivity contribution < 1.29 is 4.74 Å². The molecule has 0 radical (unpaired) electrons. The monoisotopic (exact) mass is 242 g/mol. The van der Waals surface area contributed by atoms with E-state index in [9.17, 15) is 0 Å². The van der Waals surface area contributed by atoms with Crippen LogP contribution in [-0.2, 0) is 4.74 Å². The van der Waals surface area contributed by atoms with Gasteiger partial charge >= 0.3 is 0 Å². The average molecular weight is 242 g/mol. The Bertz CT molecular complexity index is 212. The van der Waals surface area contributed by atoms with Crippen LogP contribution >= 0.6 is 0 Å². The predicted octanol–water partition coefficient (Wildman–Crippen LogP) is 2.26. The standard InChI is InChI=1S/C14H30N2O/c1-6-16(13-8-7-9-15-11-13)12(2)10-14(3,4)17-5/h12-13,15H,6-11H2,1-5H3. The van der Waals surface area contributed by atoms with E-state index >= 15 is 0 Å². The molecule has 3 nitrogen and oxygen atoms in total. The van der Waals surface area contributed by atoms with E-state index in [1.165, 1.54) is 19.4 Å². The van der Waals surface area contributed by atoms with E-state index in [2.05, 4.69) is 37.9 Å². The van der Waals surface area contributed by atoms with Crippen molar-refractivity contribution >= 4 is 0 Å². The summed E-state index contributed by atoms with van der Waals surface area (Å²) in [7, 11) is 1.81. The molecule has 2 unspecified atom stereocenters. The van der Waals surface area contributed by atoms with Crippen molar-refractivity contribution in [2.45, 2.75) is 64.6 Å². The third-order valence-corrected chi connectivity index (χ3v) is 4.01. The summed E-state index contributed by atoms with van der Waals surface area (Å²) in [5.74, 6) is 0. The number of piperidine rings is 1. The maximum absolute atomic E-state index is 5.55. The zero-order valence-corrected chi connectivity index (χ0v) is 12.3. The van der Waals surface area contributed by atoms with E-state index in [0.717, 1.165) is 19.5 Å². The summed E-state index contributed by atoms with van der Waals surface area (Å²) in [4.78, 5) is 2.63. The SMILES string of the molecule is CCN(C(C)CC(C)(C)OC)C1CCCNC1. The van der Waals surface area contributed by atoms with Crippen molar-refractivity contribution in [3.63, 3.8) is 0 Å². The van der Waals surface area contributed by atoms with E-state index in [4.69, 9.17) is 4.74 Å². The quantitative estimate of drug-likeness (QED) is 0.773. The molecule has 17 heavy (non-hydrogen) atoms. The zero-order valence-electron chi connectivity index (χ0n) is 12.3. The van der Waals surface area contributed by atoms with Crippen LogP contribution in [0.5, 0.6) is 0 Å². The summed E-state index contributed by atoms with van der Waals surface area (Å²) in [6.45, 7) is 12.4. The summed E-state index contributed by atoms with van der Waals surface area (Å²) < 4.78 is 5.55. The molecule has 1 saturated heterocycles. The Morgan fingerprint density at radius 3 is 2.65 bits per heavy atom. The van der Waals surface area contributed by atoms with Crippen LogP contribution < -0.4 is 5.32 Å². The molecule has 1 aliphatic rings. The van der Waals surface area contributed by atoms with Crippen molar-refractivity contribution in [3.8, 4) is 0 Å². The van der Waals surface area contributed by atoms with Crippen LogP contribution in [0.4, 0.5) is 0 Å². The molecule has 3 heteroatoms. The molecule has 1 N–H and O–H groups in total. The van der Waals surface area contributed by atoms with Gasteiger partial charge in [0.15, 0.2) is 0 Å². The van der Waals surface area contributed by atoms with Crippen LogP contribution in [0.25, 0.3) is 0 Å². The Morgan fingerprint density at radius 1 is 1.47 bits per heavy atom. The number of likely N-dealkylation sites (N-methyl/N-ethyl adjacent to an activating group) is 1. The first-order valence-corrected chi connectivity index (χ1v) is 7.01. The highest BCUT2D eigenvalue weighted by Gasteiger charge is 2.28. The van der Waals surface area contributed by atoms with Gasteiger partial charge in [-0.2, -0.15) is 0 Å². The first-order valence-electron chi connectivity index (χ1n) is 7.01. The number of methoxy groups -OCH3 is 1. The fourth-order valence-electron chi connectivity index (χ4n) is 2.96. The van der Waals surface area contributed by atoms with Gasteiger partial charge in [-0.1, -0.05) is 6.92 Å². The topological polar surface area (TPSA) is 24.5 Å². The molecule has 1 heterocycles. The average Bonchev–Trinajstić information content (AvgIpc) is 2.31. The number of ether oxygens (including phenoxy) is 1. The van der Waals surface area contributed by atoms with Crippen LogP contribution in [0.2, 0.25) is 0 Å². The molecular weight excluding hydrogens is 212 g/mol. The Hall–Kier alpha value is -0.120. The van der Waals surface area contributed by atoms with Crippen LogP contribution in [0.1, 0.15) is 47.0 Å². The normalized spacial score (nSPS) is 24.0. The van der Waals surface area contributed by atoms with E-state index in [0.29, 0.717) is 12.1 Å². The summed E-state index contributed by atoms with van der Waals surface area (Å²) in [6, 6.07) is 1.29. The highest BCUT2D eigenvalue weighted by molar-refractivity contribution is 4.84. The Balaban J connectivity index is 2.53. The van der Waals surface area contributed by atoms with E-state index < -0.39 is 0 Å². The molecule has 0 aliphatic carbocycles. The van der Waals surface area contributed by atoms with Crippen LogP contribution in [0.3, 0.4) is 0 Å². The lowest BCUT2D eigenvalue weighted by Gasteiger charge is -2.40. The Labute approximate surface area is 107 Å². The fourth-order valence-corrected chi connectivity index (χ4v) is 2.96. The van der Waals surface area contributed by atoms with Crippen molar-refractivity contribution in [2.75, 3.05) is 26.7 Å². The minimum absolute atomic E-state index is 0.0189. The second-order valence-electron chi connectivity index (χ2n) is 5.85. The maximum Gasteiger partial charge on any atom is 0.0637 e. The van der Waals surface area contributed by atoms with Crippen molar-refractivity contribution in [2.24, 2.45) is 0 Å². The van der Waals surface area contributed by atoms with Crippen LogP contribution in [0, 0.1) is 0 Å². The second kappa shape index (κ2) is 6.72. The number of hydrogen-bond acceptors (Lipinski definition) is 3. The molecule has 0 aromatic rings. The van der Waals surface area contributed by atoms with Gasteiger partial charge < -0.3 is 10.1 Å². The summed E-state index contributed by atoms with van der Waals surface area (Å²) in [6.07, 6.45) is 3.73. The van der Waals surface area contributed by atoms with E-state index in [1.807, 2.05) is 7.11 Å². The molecule has 0 aromatic carbocycles. The van der Waals surface area contributed by atoms with Crippen LogP contribution in [-0.4, -0.2) is 49.3 Å². The third-order valence-electron chi connectivity index (χ3n) is 4.01. The first-order chi connectivity index (χ1) is 8.00. The molecule has 1 aliphatic heterocycles. The Morgan fingerprint density at radius 2 is 2.18 bits per heavy atom. The summed E-state index contributed by atoms with van der Waals surface area (Å²) in [5.41, 5.74) is -0.0189. The number of hydrogen-bond donors (Lipinski definition) is 1. The van der Waals surface area contributed by atoms with Gasteiger partial charge in [-0.3, -0.25) is 4.90 Å². The third kappa shape index (κ3) is 4.57. The molecule has 0 aromatic heterocycles. The lowest BCUT2D eigenvalue weighted by Crippen LogP contribution is -2.51. The molecule has 0 spiro atoms. The number of rotatable bonds is 6. The molecule has 2 atom stereocenters. The van der Waals surface area contributed by atoms with Gasteiger partial charge in [-0.05, 0) is 53.1 Å². The first kappa shape index (κ1) is 14.9. The molecule has 0 bridgehead atoms. The molecule has 1 fully saturated rings. The van der Waals surface area contributed by atoms with Crippen molar-refractivity contribution in [3.05, 3.63) is 0 Å². The van der Waals surface area contributed by atoms with E-state index in [1.54, 1.807) is 0 Å². The minimum atomic E-state index is -0.0189. The smallest absolute Gasteiger partial charge is 0.0637 e. The van der Waals surface area contributed by atoms with Gasteiger partial charge in [0.1, 0.15) is 0 Å². The van der Waals surface area contributed by atoms with Gasteiger partial charge in [0, 0.05) is 25.7 Å². The Kier molecular flexibility index (Phi) is 5.90. The second-order valence-corrected chi connectivity index (χ2v) is 5.85. The number of nitrogens with one attached hydrogen (secondary N) is 1. The molecule has 1 rings (SSSR count). The van der Waals surface area contributed by atoms with Crippen LogP contribution in [0.15, 0.2) is 0 Å². The van der Waals surface area contributed by atoms with Gasteiger partial charge in [-0.15, -0.1) is 0 Å². The maximum atomic E-state index is 5.55. The zero-order chi connectivity index (χ0) is 12.9. The molecular formula is C14H30N2O. The van der Waals surface area contributed by atoms with Gasteiger partial charge in [-0.25, -0.2) is 0 Å². The van der Waals surface area contributed by atoms with E-state index in [-0.39, 0.29) is 5.60 Å². The highest BCUT2D eigenvalue weighted by atomic mass is 16.5. The van der Waals surface area contributed by atoms with Gasteiger partial charge in [0.25, 0.3) is 0 Å². The van der Waals surface area contributed by atoms with Gasteiger partial charge in [0.05, 0.1) is 5.60 Å². The lowest BCUT2D eigenvalue weighted by atomic mass is 9.96. The summed E-state index contributed by atoms with van der Waals surface area (Å²) >= 11 is 0.